The highest BCUT2D eigenvalue weighted by molar-refractivity contribution is 9.14. The van der Waals surface area contributed by atoms with Gasteiger partial charge in [-0.1, -0.05) is 15.9 Å². The summed E-state index contributed by atoms with van der Waals surface area (Å²) < 4.78 is 30.4. The zero-order valence-corrected chi connectivity index (χ0v) is 22.4. The lowest BCUT2D eigenvalue weighted by Gasteiger charge is -2.07. The van der Waals surface area contributed by atoms with Crippen LogP contribution < -0.4 is 0 Å². The minimum atomic E-state index is -0.452. The number of benzene rings is 2. The molecule has 2 rings (SSSR count). The van der Waals surface area contributed by atoms with Crippen molar-refractivity contribution in [3.05, 3.63) is 60.4 Å². The van der Waals surface area contributed by atoms with Crippen molar-refractivity contribution in [1.82, 2.24) is 0 Å². The van der Waals surface area contributed by atoms with Gasteiger partial charge < -0.3 is 0 Å². The van der Waals surface area contributed by atoms with Crippen LogP contribution in [0.3, 0.4) is 0 Å². The summed E-state index contributed by atoms with van der Waals surface area (Å²) in [5.74, 6) is -0.306. The maximum atomic E-state index is 13.3. The summed E-state index contributed by atoms with van der Waals surface area (Å²) in [6, 6.07) is 3.56. The second kappa shape index (κ2) is 10.1. The molecule has 0 amide bonds. The highest BCUT2D eigenvalue weighted by Gasteiger charge is 2.15. The summed E-state index contributed by atoms with van der Waals surface area (Å²) in [7, 11) is 0. The largest absolute Gasteiger partial charge is 0.246 e. The van der Waals surface area contributed by atoms with Crippen LogP contribution >= 0.6 is 112 Å². The van der Waals surface area contributed by atoms with Gasteiger partial charge >= 0.3 is 0 Å². The number of hydrogen-bond acceptors (Lipinski definition) is 0. The van der Waals surface area contributed by atoms with Crippen LogP contribution in [0.5, 0.6) is 0 Å². The van der Waals surface area contributed by atoms with Crippen molar-refractivity contribution in [2.75, 3.05) is 0 Å². The van der Waals surface area contributed by atoms with Gasteiger partial charge in [0.25, 0.3) is 0 Å². The van der Waals surface area contributed by atoms with Crippen LogP contribution in [-0.4, -0.2) is 0 Å². The molecule has 0 radical (unpaired) electrons. The summed E-state index contributed by atoms with van der Waals surface area (Å²) in [5.41, 5.74) is 1.61. The van der Waals surface area contributed by atoms with E-state index in [0.29, 0.717) is 14.5 Å². The first-order chi connectivity index (χ1) is 10.6. The van der Waals surface area contributed by atoms with Crippen LogP contribution in [0.25, 0.3) is 0 Å². The zero-order valence-electron chi connectivity index (χ0n) is 11.3. The van der Waals surface area contributed by atoms with Crippen molar-refractivity contribution >= 4 is 112 Å². The Morgan fingerprint density at radius 1 is 0.739 bits per heavy atom. The molecule has 0 saturated carbocycles. The van der Waals surface area contributed by atoms with Crippen molar-refractivity contribution in [3.8, 4) is 0 Å². The summed E-state index contributed by atoms with van der Waals surface area (Å²) in [6.07, 6.45) is 0. The van der Waals surface area contributed by atoms with Crippen LogP contribution in [-0.2, 0) is 6.67 Å². The van der Waals surface area contributed by atoms with Crippen molar-refractivity contribution in [2.45, 2.75) is 13.6 Å². The average molecular weight is 773 g/mol. The highest BCUT2D eigenvalue weighted by atomic mass is 79.9. The molecular weight excluding hydrogens is 765 g/mol. The van der Waals surface area contributed by atoms with Gasteiger partial charge in [-0.05, 0) is 126 Å². The fourth-order valence-electron chi connectivity index (χ4n) is 1.38. The molecule has 2 aromatic carbocycles. The van der Waals surface area contributed by atoms with Crippen LogP contribution in [0.2, 0.25) is 0 Å². The molecule has 0 aliphatic heterocycles. The Labute approximate surface area is 192 Å². The maximum Gasteiger partial charge on any atom is 0.153 e. The summed E-state index contributed by atoms with van der Waals surface area (Å²) in [5, 5.41) is 0. The lowest BCUT2D eigenvalue weighted by Crippen LogP contribution is -1.88. The third-order valence-corrected chi connectivity index (χ3v) is 9.78. The fraction of sp³-hybridized carbons (Fsp3) is 0.143. The predicted molar refractivity (Wildman–Crippen MR) is 116 cm³/mol. The molecular formula is C14H7Br7F2. The van der Waals surface area contributed by atoms with E-state index in [9.17, 15) is 8.78 Å². The van der Waals surface area contributed by atoms with E-state index in [1.165, 1.54) is 0 Å². The summed E-state index contributed by atoms with van der Waals surface area (Å²) in [6.45, 7) is 1.44. The van der Waals surface area contributed by atoms with Crippen molar-refractivity contribution in [2.24, 2.45) is 0 Å². The monoisotopic (exact) mass is 765 g/mol. The smallest absolute Gasteiger partial charge is 0.153 e. The maximum absolute atomic E-state index is 13.3. The SMILES string of the molecule is Cc1c(Br)c(Br)c(F)c(Br)c1Br.FCc1cc(Br)c(Br)cc1Br. The molecule has 0 spiro atoms. The van der Waals surface area contributed by atoms with E-state index >= 15 is 0 Å². The van der Waals surface area contributed by atoms with Crippen LogP contribution in [0.4, 0.5) is 8.78 Å². The number of rotatable bonds is 1. The van der Waals surface area contributed by atoms with Crippen molar-refractivity contribution < 1.29 is 8.78 Å². The fourth-order valence-corrected chi connectivity index (χ4v) is 5.14. The van der Waals surface area contributed by atoms with Gasteiger partial charge in [0, 0.05) is 22.4 Å². The van der Waals surface area contributed by atoms with Crippen LogP contribution in [0.1, 0.15) is 11.1 Å². The minimum absolute atomic E-state index is 0.306. The van der Waals surface area contributed by atoms with E-state index < -0.39 is 6.67 Å². The zero-order chi connectivity index (χ0) is 17.9. The van der Waals surface area contributed by atoms with E-state index in [1.807, 2.05) is 13.0 Å². The third-order valence-electron chi connectivity index (χ3n) is 2.66. The molecule has 0 atom stereocenters. The topological polar surface area (TPSA) is 0 Å². The van der Waals surface area contributed by atoms with Gasteiger partial charge in [0.2, 0.25) is 0 Å². The number of hydrogen-bond donors (Lipinski definition) is 0. The number of alkyl halides is 1. The normalized spacial score (nSPS) is 10.3. The molecule has 2 aromatic rings. The van der Waals surface area contributed by atoms with Gasteiger partial charge in [0.15, 0.2) is 5.82 Å². The first-order valence-corrected chi connectivity index (χ1v) is 11.3. The van der Waals surface area contributed by atoms with E-state index in [-0.39, 0.29) is 5.82 Å². The molecule has 0 aliphatic carbocycles. The Kier molecular flexibility index (Phi) is 9.98. The average Bonchev–Trinajstić information content (AvgIpc) is 2.53. The second-order valence-corrected chi connectivity index (χ2v) is 9.92. The van der Waals surface area contributed by atoms with Gasteiger partial charge in [-0.15, -0.1) is 0 Å². The molecule has 0 N–H and O–H groups in total. The quantitative estimate of drug-likeness (QED) is 0.200. The van der Waals surface area contributed by atoms with E-state index in [4.69, 9.17) is 0 Å². The molecule has 0 heterocycles. The van der Waals surface area contributed by atoms with Gasteiger partial charge in [-0.3, -0.25) is 0 Å². The molecule has 126 valence electrons. The lowest BCUT2D eigenvalue weighted by atomic mass is 10.2. The molecule has 0 aliphatic rings. The third kappa shape index (κ3) is 5.82. The van der Waals surface area contributed by atoms with Crippen molar-refractivity contribution in [3.63, 3.8) is 0 Å². The minimum Gasteiger partial charge on any atom is -0.246 e. The molecule has 0 aromatic heterocycles. The van der Waals surface area contributed by atoms with E-state index in [1.54, 1.807) is 6.07 Å². The van der Waals surface area contributed by atoms with E-state index in [0.717, 1.165) is 27.9 Å². The number of halogens is 9. The Morgan fingerprint density at radius 2 is 1.17 bits per heavy atom. The molecule has 0 unspecified atom stereocenters. The van der Waals surface area contributed by atoms with Gasteiger partial charge in [0.05, 0.1) is 8.95 Å². The molecule has 23 heavy (non-hydrogen) atoms. The lowest BCUT2D eigenvalue weighted by molar-refractivity contribution is 0.483. The molecule has 0 nitrogen and oxygen atoms in total. The van der Waals surface area contributed by atoms with E-state index in [2.05, 4.69) is 112 Å². The Balaban J connectivity index is 0.000000231. The molecule has 0 fully saturated rings. The summed E-state index contributed by atoms with van der Waals surface area (Å²) >= 11 is 22.7. The van der Waals surface area contributed by atoms with Gasteiger partial charge in [-0.25, -0.2) is 8.78 Å². The molecule has 9 heteroatoms. The molecule has 0 saturated heterocycles. The Bertz CT molecular complexity index is 627. The van der Waals surface area contributed by atoms with Crippen LogP contribution in [0, 0.1) is 12.7 Å². The van der Waals surface area contributed by atoms with Crippen LogP contribution in [0.15, 0.2) is 43.4 Å². The van der Waals surface area contributed by atoms with Crippen molar-refractivity contribution in [1.29, 1.82) is 0 Å². The van der Waals surface area contributed by atoms with Gasteiger partial charge in [0.1, 0.15) is 6.67 Å². The first kappa shape index (κ1) is 22.7. The highest BCUT2D eigenvalue weighted by Crippen LogP contribution is 2.39. The predicted octanol–water partition coefficient (Wildman–Crippen LogP) is 9.63. The Hall–Kier alpha value is 1.66. The first-order valence-electron chi connectivity index (χ1n) is 5.79. The van der Waals surface area contributed by atoms with Gasteiger partial charge in [-0.2, -0.15) is 0 Å². The molecule has 0 bridgehead atoms. The second-order valence-electron chi connectivity index (χ2n) is 4.19. The standard InChI is InChI=1S/C7H3Br4F.C7H4Br3F/c1-2-3(8)5(10)7(12)6(11)4(2)9;8-5-2-7(10)6(9)1-4(5)3-11/h1H3;1-2H,3H2. The Morgan fingerprint density at radius 3 is 1.61 bits per heavy atom. The summed E-state index contributed by atoms with van der Waals surface area (Å²) in [4.78, 5) is 0.